The zero-order valence-electron chi connectivity index (χ0n) is 16.9. The van der Waals surface area contributed by atoms with Gasteiger partial charge < -0.3 is 10.2 Å². The van der Waals surface area contributed by atoms with E-state index in [0.717, 1.165) is 14.8 Å². The molecule has 2 aromatic heterocycles. The minimum Gasteiger partial charge on any atom is -0.355 e. The van der Waals surface area contributed by atoms with Gasteiger partial charge in [0.15, 0.2) is 9.84 Å². The van der Waals surface area contributed by atoms with Gasteiger partial charge in [0.25, 0.3) is 5.91 Å². The predicted molar refractivity (Wildman–Crippen MR) is 130 cm³/mol. The van der Waals surface area contributed by atoms with E-state index in [4.69, 9.17) is 0 Å². The van der Waals surface area contributed by atoms with Crippen LogP contribution in [0.5, 0.6) is 0 Å². The summed E-state index contributed by atoms with van der Waals surface area (Å²) in [6.07, 6.45) is 1.74. The molecule has 1 fully saturated rings. The van der Waals surface area contributed by atoms with Gasteiger partial charge in [-0.25, -0.2) is 13.4 Å². The number of benzene rings is 1. The second kappa shape index (κ2) is 8.91. The van der Waals surface area contributed by atoms with E-state index in [1.807, 2.05) is 41.3 Å². The van der Waals surface area contributed by atoms with E-state index in [2.05, 4.69) is 37.9 Å². The number of aryl methyl sites for hydroxylation is 1. The summed E-state index contributed by atoms with van der Waals surface area (Å²) in [6, 6.07) is 14.9. The molecule has 0 spiro atoms. The van der Waals surface area contributed by atoms with Crippen LogP contribution in [-0.2, 0) is 9.84 Å². The first-order valence-electron chi connectivity index (χ1n) is 9.78. The monoisotopic (exact) mass is 548 g/mol. The molecule has 1 N–H and O–H groups in total. The van der Waals surface area contributed by atoms with Crippen molar-refractivity contribution in [3.05, 3.63) is 69.6 Å². The van der Waals surface area contributed by atoms with Crippen molar-refractivity contribution in [3.8, 4) is 11.3 Å². The maximum absolute atomic E-state index is 12.9. The fourth-order valence-electron chi connectivity index (χ4n) is 3.43. The molecule has 3 heterocycles. The first-order valence-corrected chi connectivity index (χ1v) is 12.7. The quantitative estimate of drug-likeness (QED) is 0.502. The third kappa shape index (κ3) is 5.04. The molecule has 1 aliphatic heterocycles. The third-order valence-electron chi connectivity index (χ3n) is 5.15. The van der Waals surface area contributed by atoms with Gasteiger partial charge in [-0.2, -0.15) is 0 Å². The van der Waals surface area contributed by atoms with Crippen LogP contribution in [0.4, 0.5) is 11.5 Å². The third-order valence-corrected chi connectivity index (χ3v) is 7.70. The average molecular weight is 548 g/mol. The molecule has 160 valence electrons. The molecule has 3 aromatic rings. The number of carbonyl (C=O) groups is 1. The highest BCUT2D eigenvalue weighted by atomic mass is 127. The summed E-state index contributed by atoms with van der Waals surface area (Å²) in [6.45, 7) is 2.62. The Balaban J connectivity index is 1.52. The Morgan fingerprint density at radius 2 is 1.87 bits per heavy atom. The van der Waals surface area contributed by atoms with E-state index in [-0.39, 0.29) is 17.4 Å². The lowest BCUT2D eigenvalue weighted by atomic mass is 10.1. The average Bonchev–Trinajstić information content (AvgIpc) is 2.75. The molecule has 7 nitrogen and oxygen atoms in total. The zero-order chi connectivity index (χ0) is 22.0. The number of sulfone groups is 1. The SMILES string of the molecule is Cc1nc(N2CCS(=O)(=O)CC2)ccc1C(=O)Nc1ccc(I)c(-c2ccccn2)c1. The van der Waals surface area contributed by atoms with Crippen LogP contribution in [0.1, 0.15) is 16.1 Å². The van der Waals surface area contributed by atoms with Crippen LogP contribution in [0, 0.1) is 10.5 Å². The smallest absolute Gasteiger partial charge is 0.257 e. The molecule has 9 heteroatoms. The van der Waals surface area contributed by atoms with Crippen molar-refractivity contribution in [3.63, 3.8) is 0 Å². The van der Waals surface area contributed by atoms with Crippen molar-refractivity contribution >= 4 is 49.8 Å². The van der Waals surface area contributed by atoms with E-state index in [1.54, 1.807) is 25.3 Å². The topological polar surface area (TPSA) is 92.3 Å². The molecule has 1 aliphatic rings. The largest absolute Gasteiger partial charge is 0.355 e. The van der Waals surface area contributed by atoms with Crippen LogP contribution in [0.2, 0.25) is 0 Å². The number of pyridine rings is 2. The summed E-state index contributed by atoms with van der Waals surface area (Å²) in [5, 5.41) is 2.94. The lowest BCUT2D eigenvalue weighted by Gasteiger charge is -2.28. The number of aromatic nitrogens is 2. The molecule has 0 unspecified atom stereocenters. The lowest BCUT2D eigenvalue weighted by Crippen LogP contribution is -2.40. The summed E-state index contributed by atoms with van der Waals surface area (Å²) in [7, 11) is -2.96. The molecule has 0 atom stereocenters. The van der Waals surface area contributed by atoms with Gasteiger partial charge in [-0.05, 0) is 72.0 Å². The lowest BCUT2D eigenvalue weighted by molar-refractivity contribution is 0.102. The van der Waals surface area contributed by atoms with Gasteiger partial charge >= 0.3 is 0 Å². The van der Waals surface area contributed by atoms with E-state index < -0.39 is 9.84 Å². The standard InChI is InChI=1S/C22H21IN4O3S/c1-15-17(6-8-21(25-15)27-10-12-31(29,30)13-11-27)22(28)26-16-5-7-19(23)18(14-16)20-4-2-3-9-24-20/h2-9,14H,10-13H2,1H3,(H,26,28). The normalized spacial score (nSPS) is 15.5. The summed E-state index contributed by atoms with van der Waals surface area (Å²) in [5.74, 6) is 0.699. The highest BCUT2D eigenvalue weighted by molar-refractivity contribution is 14.1. The first-order chi connectivity index (χ1) is 14.8. The summed E-state index contributed by atoms with van der Waals surface area (Å²) >= 11 is 2.25. The van der Waals surface area contributed by atoms with Crippen molar-refractivity contribution in [1.29, 1.82) is 0 Å². The van der Waals surface area contributed by atoms with Crippen LogP contribution in [-0.4, -0.2) is 48.9 Å². The van der Waals surface area contributed by atoms with Crippen molar-refractivity contribution in [2.75, 3.05) is 34.8 Å². The van der Waals surface area contributed by atoms with Crippen molar-refractivity contribution in [2.45, 2.75) is 6.92 Å². The van der Waals surface area contributed by atoms with E-state index in [1.165, 1.54) is 0 Å². The molecule has 31 heavy (non-hydrogen) atoms. The fourth-order valence-corrected chi connectivity index (χ4v) is 5.24. The van der Waals surface area contributed by atoms with Crippen LogP contribution < -0.4 is 10.2 Å². The maximum Gasteiger partial charge on any atom is 0.257 e. The van der Waals surface area contributed by atoms with Crippen molar-refractivity contribution in [1.82, 2.24) is 9.97 Å². The predicted octanol–water partition coefficient (Wildman–Crippen LogP) is 3.54. The van der Waals surface area contributed by atoms with Crippen molar-refractivity contribution < 1.29 is 13.2 Å². The molecule has 1 amide bonds. The molecule has 0 aliphatic carbocycles. The number of anilines is 2. The number of hydrogen-bond acceptors (Lipinski definition) is 6. The number of hydrogen-bond donors (Lipinski definition) is 1. The Kier molecular flexibility index (Phi) is 6.24. The highest BCUT2D eigenvalue weighted by Crippen LogP contribution is 2.27. The van der Waals surface area contributed by atoms with Gasteiger partial charge in [-0.1, -0.05) is 6.07 Å². The number of halogens is 1. The van der Waals surface area contributed by atoms with E-state index >= 15 is 0 Å². The highest BCUT2D eigenvalue weighted by Gasteiger charge is 2.23. The molecular formula is C22H21IN4O3S. The summed E-state index contributed by atoms with van der Waals surface area (Å²) in [5.41, 5.74) is 3.54. The number of nitrogens with zero attached hydrogens (tertiary/aromatic N) is 3. The molecule has 0 bridgehead atoms. The van der Waals surface area contributed by atoms with Crippen LogP contribution in [0.25, 0.3) is 11.3 Å². The second-order valence-corrected chi connectivity index (χ2v) is 10.8. The van der Waals surface area contributed by atoms with Gasteiger partial charge in [0.1, 0.15) is 5.82 Å². The Bertz CT molecular complexity index is 1220. The second-order valence-electron chi connectivity index (χ2n) is 7.31. The number of carbonyl (C=O) groups excluding carboxylic acids is 1. The molecule has 1 aromatic carbocycles. The Morgan fingerprint density at radius 1 is 1.10 bits per heavy atom. The number of nitrogens with one attached hydrogen (secondary N) is 1. The zero-order valence-corrected chi connectivity index (χ0v) is 19.9. The van der Waals surface area contributed by atoms with E-state index in [0.29, 0.717) is 35.9 Å². The molecule has 4 rings (SSSR count). The maximum atomic E-state index is 12.9. The number of rotatable bonds is 4. The summed E-state index contributed by atoms with van der Waals surface area (Å²) < 4.78 is 24.3. The minimum atomic E-state index is -2.96. The number of amides is 1. The Morgan fingerprint density at radius 3 is 2.55 bits per heavy atom. The summed E-state index contributed by atoms with van der Waals surface area (Å²) in [4.78, 5) is 23.8. The Labute approximate surface area is 195 Å². The van der Waals surface area contributed by atoms with Crippen LogP contribution in [0.3, 0.4) is 0 Å². The molecule has 1 saturated heterocycles. The van der Waals surface area contributed by atoms with Crippen LogP contribution >= 0.6 is 22.6 Å². The van der Waals surface area contributed by atoms with Crippen molar-refractivity contribution in [2.24, 2.45) is 0 Å². The van der Waals surface area contributed by atoms with Crippen LogP contribution in [0.15, 0.2) is 54.7 Å². The van der Waals surface area contributed by atoms with Gasteiger partial charge in [-0.15, -0.1) is 0 Å². The molecule has 0 saturated carbocycles. The Hall–Kier alpha value is -2.53. The molecule has 0 radical (unpaired) electrons. The fraction of sp³-hybridized carbons (Fsp3) is 0.227. The van der Waals surface area contributed by atoms with Gasteiger partial charge in [0.05, 0.1) is 28.5 Å². The van der Waals surface area contributed by atoms with Gasteiger partial charge in [0.2, 0.25) is 0 Å². The van der Waals surface area contributed by atoms with Gasteiger partial charge in [0, 0.05) is 34.1 Å². The molecular weight excluding hydrogens is 527 g/mol. The van der Waals surface area contributed by atoms with Gasteiger partial charge in [-0.3, -0.25) is 9.78 Å². The first kappa shape index (κ1) is 21.7. The van der Waals surface area contributed by atoms with E-state index in [9.17, 15) is 13.2 Å². The minimum absolute atomic E-state index is 0.126.